The number of anilines is 2. The van der Waals surface area contributed by atoms with E-state index in [1.807, 2.05) is 43.2 Å². The second-order valence-electron chi connectivity index (χ2n) is 23.5. The molecule has 4 aromatic carbocycles. The van der Waals surface area contributed by atoms with E-state index in [0.29, 0.717) is 88.2 Å². The molecular weight excluding hydrogens is 1150 g/mol. The van der Waals surface area contributed by atoms with E-state index < -0.39 is 0 Å². The highest BCUT2D eigenvalue weighted by molar-refractivity contribution is 6.03. The Kier molecular flexibility index (Phi) is 18.4. The third-order valence-corrected chi connectivity index (χ3v) is 16.6. The Morgan fingerprint density at radius 1 is 0.600 bits per heavy atom. The van der Waals surface area contributed by atoms with E-state index in [-0.39, 0.29) is 108 Å². The maximum atomic E-state index is 13.2. The standard InChI is InChI=1S/C34H37N5O6.C33H34N6O6/c1-20-15-25-23(10-11-24-7-4-5-13-39(24)34(25)43)18-29(20)44-14-6-8-31(42)36-30-19-38(3)32(37-30)27(41)17-22-9-12-28-26(16-22)35-33(45-28)21(2)40;1-19-13-23-24(34-17-22-7-4-5-11-39(22)33(23)43)16-28(19)44-12-6-8-30(42)36-29-18-38(3)31(37-29)26(41)15-21-9-10-27-25(14-21)35-32(45-27)20(2)40/h9,12,15-16,18-19,24H,4-8,10-11,13-14,17H2,1-3H3,(H,36,42);9-10,13-14,16-18,22H,4-8,11-12,15H2,1-3H3,(H,36,42)/t24-;22-/m00/s1. The zero-order valence-electron chi connectivity index (χ0n) is 51.3. The third kappa shape index (κ3) is 14.0. The lowest BCUT2D eigenvalue weighted by Gasteiger charge is -2.34. The van der Waals surface area contributed by atoms with E-state index in [9.17, 15) is 38.4 Å². The first-order valence-corrected chi connectivity index (χ1v) is 30.6. The molecule has 2 fully saturated rings. The summed E-state index contributed by atoms with van der Waals surface area (Å²) >= 11 is 0. The molecule has 8 aromatic rings. The normalized spacial score (nSPS) is 16.0. The van der Waals surface area contributed by atoms with Crippen molar-refractivity contribution in [3.63, 3.8) is 0 Å². The molecule has 4 aliphatic rings. The number of fused-ring (bicyclic) bond motifs is 6. The predicted molar refractivity (Wildman–Crippen MR) is 333 cm³/mol. The van der Waals surface area contributed by atoms with E-state index in [0.717, 1.165) is 86.0 Å². The maximum Gasteiger partial charge on any atom is 0.263 e. The third-order valence-electron chi connectivity index (χ3n) is 16.6. The van der Waals surface area contributed by atoms with Crippen LogP contribution < -0.4 is 20.1 Å². The fraction of sp³-hybridized carbons (Fsp3) is 0.388. The summed E-state index contributed by atoms with van der Waals surface area (Å²) < 4.78 is 26.0. The molecule has 0 aliphatic carbocycles. The molecule has 90 heavy (non-hydrogen) atoms. The minimum absolute atomic E-state index is 0.00945. The number of aromatic nitrogens is 6. The second kappa shape index (κ2) is 26.8. The molecular formula is C67H71N11O12. The molecule has 0 bridgehead atoms. The van der Waals surface area contributed by atoms with Gasteiger partial charge in [0, 0.05) is 103 Å². The van der Waals surface area contributed by atoms with Crippen LogP contribution in [-0.2, 0) is 42.9 Å². The molecule has 2 atom stereocenters. The minimum atomic E-state index is -0.275. The van der Waals surface area contributed by atoms with Gasteiger partial charge in [0.2, 0.25) is 34.9 Å². The molecule has 8 heterocycles. The van der Waals surface area contributed by atoms with Crippen molar-refractivity contribution in [2.45, 2.75) is 130 Å². The number of aryl methyl sites for hydroxylation is 5. The van der Waals surface area contributed by atoms with Crippen molar-refractivity contribution in [2.24, 2.45) is 19.1 Å². The highest BCUT2D eigenvalue weighted by atomic mass is 16.5. The van der Waals surface area contributed by atoms with Crippen molar-refractivity contribution in [3.05, 3.63) is 135 Å². The van der Waals surface area contributed by atoms with E-state index >= 15 is 0 Å². The number of ketones is 4. The summed E-state index contributed by atoms with van der Waals surface area (Å²) in [6.45, 7) is 8.84. The van der Waals surface area contributed by atoms with Crippen LogP contribution in [0.15, 0.2) is 86.9 Å². The van der Waals surface area contributed by atoms with Crippen molar-refractivity contribution in [1.82, 2.24) is 38.9 Å². The lowest BCUT2D eigenvalue weighted by atomic mass is 9.97. The Bertz CT molecular complexity index is 4180. The monoisotopic (exact) mass is 1220 g/mol. The van der Waals surface area contributed by atoms with Crippen molar-refractivity contribution >= 4 is 92.5 Å². The van der Waals surface area contributed by atoms with E-state index in [1.165, 1.54) is 20.3 Å². The van der Waals surface area contributed by atoms with Crippen LogP contribution in [0.3, 0.4) is 0 Å². The van der Waals surface area contributed by atoms with Gasteiger partial charge in [-0.05, 0) is 148 Å². The van der Waals surface area contributed by atoms with Crippen LogP contribution in [0.2, 0.25) is 0 Å². The summed E-state index contributed by atoms with van der Waals surface area (Å²) in [7, 11) is 3.39. The number of ether oxygens (including phenoxy) is 2. The predicted octanol–water partition coefficient (Wildman–Crippen LogP) is 10.2. The van der Waals surface area contributed by atoms with Crippen molar-refractivity contribution in [2.75, 3.05) is 36.9 Å². The second-order valence-corrected chi connectivity index (χ2v) is 23.5. The fourth-order valence-electron chi connectivity index (χ4n) is 11.9. The average molecular weight is 1220 g/mol. The number of carbonyl (C=O) groups is 8. The lowest BCUT2D eigenvalue weighted by Crippen LogP contribution is -2.43. The summed E-state index contributed by atoms with van der Waals surface area (Å²) in [4.78, 5) is 126. The molecule has 4 aliphatic heterocycles. The Labute approximate surface area is 518 Å². The topological polar surface area (TPSA) is 286 Å². The van der Waals surface area contributed by atoms with Crippen molar-refractivity contribution in [1.29, 1.82) is 0 Å². The number of hydrogen-bond acceptors (Lipinski definition) is 17. The van der Waals surface area contributed by atoms with Gasteiger partial charge in [-0.15, -0.1) is 0 Å². The summed E-state index contributed by atoms with van der Waals surface area (Å²) in [5.41, 5.74) is 8.12. The van der Waals surface area contributed by atoms with Gasteiger partial charge in [-0.1, -0.05) is 12.1 Å². The average Bonchev–Trinajstić information content (AvgIpc) is 1.69. The summed E-state index contributed by atoms with van der Waals surface area (Å²) in [5.74, 6) is 1.09. The van der Waals surface area contributed by atoms with Gasteiger partial charge in [0.05, 0.1) is 30.5 Å². The van der Waals surface area contributed by atoms with Gasteiger partial charge in [0.1, 0.15) is 22.5 Å². The zero-order chi connectivity index (χ0) is 63.3. The van der Waals surface area contributed by atoms with Gasteiger partial charge in [0.15, 0.2) is 34.5 Å². The van der Waals surface area contributed by atoms with E-state index in [1.54, 1.807) is 78.1 Å². The maximum absolute atomic E-state index is 13.2. The molecule has 0 radical (unpaired) electrons. The van der Waals surface area contributed by atoms with Crippen LogP contribution in [0.4, 0.5) is 17.3 Å². The molecule has 12 rings (SSSR count). The number of Topliss-reactive ketones (excluding diaryl/α,β-unsaturated/α-hetero) is 4. The zero-order valence-corrected chi connectivity index (χ0v) is 51.3. The Morgan fingerprint density at radius 3 is 1.67 bits per heavy atom. The number of amides is 4. The number of piperidine rings is 2. The lowest BCUT2D eigenvalue weighted by molar-refractivity contribution is -0.117. The number of benzene rings is 4. The molecule has 0 saturated carbocycles. The number of aliphatic imine (C=N–C) groups is 1. The summed E-state index contributed by atoms with van der Waals surface area (Å²) in [6.07, 6.45) is 14.7. The SMILES string of the molecule is CC(=O)c1nc2cc(CC(=O)c3nc(NC(=O)CCCOc4cc5c(cc4C)C(=O)N4CCCC[C@H]4C=N5)cn3C)ccc2o1.CC(=O)c1nc2cc(CC(=O)c3nc(NC(=O)CCCOc4cc5c(cc4C)C(=O)N4CCCC[C@H]4CC5)cn3C)ccc2o1. The molecule has 2 saturated heterocycles. The fourth-order valence-corrected chi connectivity index (χ4v) is 11.9. The first-order chi connectivity index (χ1) is 43.3. The quantitative estimate of drug-likeness (QED) is 0.0530. The number of carbonyl (C=O) groups excluding carboxylic acids is 8. The number of nitrogens with one attached hydrogen (secondary N) is 2. The molecule has 23 nitrogen and oxygen atoms in total. The first-order valence-electron chi connectivity index (χ1n) is 30.6. The Hall–Kier alpha value is -9.93. The van der Waals surface area contributed by atoms with Gasteiger partial charge in [-0.2, -0.15) is 0 Å². The van der Waals surface area contributed by atoms with Crippen LogP contribution in [0.1, 0.15) is 176 Å². The molecule has 4 amide bonds. The smallest absolute Gasteiger partial charge is 0.263 e. The first kappa shape index (κ1) is 61.7. The number of imidazole rings is 2. The van der Waals surface area contributed by atoms with Gasteiger partial charge in [-0.3, -0.25) is 43.3 Å². The number of oxazole rings is 2. The molecule has 23 heteroatoms. The minimum Gasteiger partial charge on any atom is -0.493 e. The van der Waals surface area contributed by atoms with Gasteiger partial charge >= 0.3 is 0 Å². The van der Waals surface area contributed by atoms with Crippen LogP contribution in [-0.4, -0.2) is 130 Å². The largest absolute Gasteiger partial charge is 0.493 e. The summed E-state index contributed by atoms with van der Waals surface area (Å²) in [5, 5.41) is 5.52. The number of rotatable bonds is 20. The Morgan fingerprint density at radius 2 is 1.11 bits per heavy atom. The van der Waals surface area contributed by atoms with Gasteiger partial charge < -0.3 is 47.9 Å². The summed E-state index contributed by atoms with van der Waals surface area (Å²) in [6, 6.07) is 18.2. The Balaban J connectivity index is 0.000000185. The molecule has 4 aromatic heterocycles. The van der Waals surface area contributed by atoms with Crippen molar-refractivity contribution < 1.29 is 56.7 Å². The number of nitrogens with zero attached hydrogens (tertiary/aromatic N) is 9. The highest BCUT2D eigenvalue weighted by Crippen LogP contribution is 2.35. The van der Waals surface area contributed by atoms with Crippen molar-refractivity contribution in [3.8, 4) is 11.5 Å². The van der Waals surface area contributed by atoms with E-state index in [4.69, 9.17) is 18.3 Å². The van der Waals surface area contributed by atoms with Crippen LogP contribution >= 0.6 is 0 Å². The van der Waals surface area contributed by atoms with Gasteiger partial charge in [0.25, 0.3) is 23.6 Å². The molecule has 466 valence electrons. The number of hydrogen-bond donors (Lipinski definition) is 2. The molecule has 0 spiro atoms. The van der Waals surface area contributed by atoms with Crippen LogP contribution in [0.5, 0.6) is 11.5 Å². The molecule has 0 unspecified atom stereocenters. The van der Waals surface area contributed by atoms with Gasteiger partial charge in [-0.25, -0.2) is 19.9 Å². The van der Waals surface area contributed by atoms with Crippen LogP contribution in [0, 0.1) is 13.8 Å². The van der Waals surface area contributed by atoms with E-state index in [2.05, 4.69) is 40.5 Å². The van der Waals surface area contributed by atoms with Crippen LogP contribution in [0.25, 0.3) is 22.2 Å². The molecule has 2 N–H and O–H groups in total. The highest BCUT2D eigenvalue weighted by Gasteiger charge is 2.33.